The number of aliphatic imine (C=N–C) groups is 1. The van der Waals surface area contributed by atoms with Gasteiger partial charge < -0.3 is 11.5 Å². The lowest BCUT2D eigenvalue weighted by Crippen LogP contribution is -2.17. The van der Waals surface area contributed by atoms with Gasteiger partial charge in [0.25, 0.3) is 0 Å². The predicted octanol–water partition coefficient (Wildman–Crippen LogP) is 3.26. The predicted molar refractivity (Wildman–Crippen MR) is 112 cm³/mol. The lowest BCUT2D eigenvalue weighted by molar-refractivity contribution is -0.118. The van der Waals surface area contributed by atoms with Gasteiger partial charge in [0.1, 0.15) is 16.9 Å². The minimum Gasteiger partial charge on any atom is -0.398 e. The van der Waals surface area contributed by atoms with Gasteiger partial charge in [0.05, 0.1) is 22.8 Å². The van der Waals surface area contributed by atoms with Crippen molar-refractivity contribution in [3.8, 4) is 5.00 Å². The van der Waals surface area contributed by atoms with Crippen LogP contribution in [0.3, 0.4) is 0 Å². The molecule has 2 aromatic heterocycles. The van der Waals surface area contributed by atoms with E-state index < -0.39 is 11.9 Å². The minimum atomic E-state index is -0.537. The first kappa shape index (κ1) is 18.6. The number of hydrogen-bond donors (Lipinski definition) is 2. The van der Waals surface area contributed by atoms with Gasteiger partial charge in [0.15, 0.2) is 5.82 Å². The van der Waals surface area contributed by atoms with E-state index in [1.807, 2.05) is 17.6 Å². The second-order valence-electron chi connectivity index (χ2n) is 6.80. The maximum Gasteiger partial charge on any atom is 0.220 e. The van der Waals surface area contributed by atoms with Crippen molar-refractivity contribution in [1.82, 2.24) is 14.8 Å². The number of nitrogens with zero attached hydrogens (tertiary/aromatic N) is 4. The molecular weight excluding hydrogens is 396 g/mol. The van der Waals surface area contributed by atoms with Crippen LogP contribution >= 0.6 is 22.9 Å². The summed E-state index contributed by atoms with van der Waals surface area (Å²) >= 11 is 7.76. The lowest BCUT2D eigenvalue weighted by Gasteiger charge is -2.12. The third kappa shape index (κ3) is 2.89. The van der Waals surface area contributed by atoms with Crippen molar-refractivity contribution in [2.24, 2.45) is 10.7 Å². The molecule has 0 spiro atoms. The zero-order chi connectivity index (χ0) is 20.2. The molecule has 1 amide bonds. The summed E-state index contributed by atoms with van der Waals surface area (Å²) in [4.78, 5) is 17.8. The highest BCUT2D eigenvalue weighted by atomic mass is 35.5. The first-order valence-corrected chi connectivity index (χ1v) is 9.91. The van der Waals surface area contributed by atoms with Crippen molar-refractivity contribution >= 4 is 40.2 Å². The Morgan fingerprint density at radius 1 is 1.29 bits per heavy atom. The van der Waals surface area contributed by atoms with Crippen LogP contribution in [0.15, 0.2) is 23.2 Å². The van der Waals surface area contributed by atoms with Crippen LogP contribution < -0.4 is 11.5 Å². The molecule has 4 N–H and O–H groups in total. The number of halogens is 1. The Kier molecular flexibility index (Phi) is 4.47. The van der Waals surface area contributed by atoms with Crippen LogP contribution in [0.25, 0.3) is 5.00 Å². The molecule has 0 bridgehead atoms. The Balaban J connectivity index is 2.05. The van der Waals surface area contributed by atoms with E-state index in [9.17, 15) is 4.79 Å². The Labute approximate surface area is 171 Å². The topological polar surface area (TPSA) is 112 Å². The number of aromatic nitrogens is 3. The normalized spacial score (nSPS) is 15.6. The molecule has 9 heteroatoms. The standard InChI is InChI=1S/C19H19ClN6OS/c1-8-9(2)28-19-16(8)17(11-4-5-12(20)13(21)6-11)23-14(7-15(22)27)18-25-24-10(3)26(18)19/h4-6,14H,7,21H2,1-3H3,(H2,22,27)/t14-/m0/s1. The van der Waals surface area contributed by atoms with Gasteiger partial charge in [-0.3, -0.25) is 14.4 Å². The SMILES string of the molecule is Cc1sc2c(c1C)C(c1ccc(Cl)c(N)c1)=N[C@@H](CC(N)=O)c1nnc(C)n1-2. The van der Waals surface area contributed by atoms with Crippen LogP contribution in [0.1, 0.15) is 45.7 Å². The first-order chi connectivity index (χ1) is 13.3. The van der Waals surface area contributed by atoms with E-state index in [4.69, 9.17) is 28.1 Å². The number of aryl methyl sites for hydroxylation is 2. The molecular formula is C19H19ClN6OS. The molecule has 0 fully saturated rings. The van der Waals surface area contributed by atoms with Crippen LogP contribution in [-0.4, -0.2) is 26.4 Å². The molecule has 0 unspecified atom stereocenters. The van der Waals surface area contributed by atoms with E-state index in [1.54, 1.807) is 23.5 Å². The van der Waals surface area contributed by atoms with Crippen LogP contribution in [0, 0.1) is 20.8 Å². The fraction of sp³-hybridized carbons (Fsp3) is 0.263. The molecule has 0 saturated heterocycles. The fourth-order valence-electron chi connectivity index (χ4n) is 3.41. The number of primary amides is 1. The molecule has 3 heterocycles. The Morgan fingerprint density at radius 3 is 2.71 bits per heavy atom. The summed E-state index contributed by atoms with van der Waals surface area (Å²) in [6.45, 7) is 6.02. The summed E-state index contributed by atoms with van der Waals surface area (Å²) in [6.07, 6.45) is 0.0394. The van der Waals surface area contributed by atoms with Crippen molar-refractivity contribution in [2.75, 3.05) is 5.73 Å². The van der Waals surface area contributed by atoms with Crippen LogP contribution in [0.4, 0.5) is 5.69 Å². The number of hydrogen-bond acceptors (Lipinski definition) is 6. The highest BCUT2D eigenvalue weighted by Gasteiger charge is 2.32. The number of fused-ring (bicyclic) bond motifs is 3. The molecule has 1 aliphatic rings. The number of amides is 1. The molecule has 1 aromatic carbocycles. The Hall–Kier alpha value is -2.71. The van der Waals surface area contributed by atoms with Crippen molar-refractivity contribution in [3.63, 3.8) is 0 Å². The Morgan fingerprint density at radius 2 is 2.04 bits per heavy atom. The molecule has 0 aliphatic carbocycles. The average Bonchev–Trinajstić information content (AvgIpc) is 3.10. The molecule has 7 nitrogen and oxygen atoms in total. The second kappa shape index (κ2) is 6.72. The summed E-state index contributed by atoms with van der Waals surface area (Å²) in [5, 5.41) is 9.99. The molecule has 1 atom stereocenters. The first-order valence-electron chi connectivity index (χ1n) is 8.72. The van der Waals surface area contributed by atoms with E-state index in [0.717, 1.165) is 33.2 Å². The largest absolute Gasteiger partial charge is 0.398 e. The number of nitrogens with two attached hydrogens (primary N) is 2. The summed E-state index contributed by atoms with van der Waals surface area (Å²) in [6, 6.07) is 4.90. The van der Waals surface area contributed by atoms with Crippen LogP contribution in [0.5, 0.6) is 0 Å². The van der Waals surface area contributed by atoms with Crippen LogP contribution in [-0.2, 0) is 4.79 Å². The Bertz CT molecular complexity index is 1150. The zero-order valence-electron chi connectivity index (χ0n) is 15.7. The molecule has 1 aliphatic heterocycles. The smallest absolute Gasteiger partial charge is 0.220 e. The highest BCUT2D eigenvalue weighted by molar-refractivity contribution is 7.15. The second-order valence-corrected chi connectivity index (χ2v) is 8.41. The van der Waals surface area contributed by atoms with Gasteiger partial charge >= 0.3 is 0 Å². The maximum atomic E-state index is 11.7. The van der Waals surface area contributed by atoms with E-state index in [1.165, 1.54) is 4.88 Å². The summed E-state index contributed by atoms with van der Waals surface area (Å²) in [7, 11) is 0. The highest BCUT2D eigenvalue weighted by Crippen LogP contribution is 2.39. The van der Waals surface area contributed by atoms with Gasteiger partial charge in [-0.25, -0.2) is 0 Å². The van der Waals surface area contributed by atoms with Gasteiger partial charge in [0.2, 0.25) is 5.91 Å². The number of rotatable bonds is 3. The van der Waals surface area contributed by atoms with E-state index in [-0.39, 0.29) is 6.42 Å². The van der Waals surface area contributed by atoms with Crippen molar-refractivity contribution in [3.05, 3.63) is 56.4 Å². The number of anilines is 1. The van der Waals surface area contributed by atoms with Gasteiger partial charge in [-0.2, -0.15) is 0 Å². The quantitative estimate of drug-likeness (QED) is 0.640. The molecule has 144 valence electrons. The number of thiophene rings is 1. The van der Waals surface area contributed by atoms with Gasteiger partial charge in [-0.05, 0) is 38.5 Å². The third-order valence-electron chi connectivity index (χ3n) is 4.90. The molecule has 28 heavy (non-hydrogen) atoms. The maximum absolute atomic E-state index is 11.7. The summed E-state index contributed by atoms with van der Waals surface area (Å²) in [5.41, 5.74) is 15.7. The number of carbonyl (C=O) groups is 1. The van der Waals surface area contributed by atoms with Crippen molar-refractivity contribution < 1.29 is 4.79 Å². The molecule has 4 rings (SSSR count). The number of benzene rings is 1. The third-order valence-corrected chi connectivity index (χ3v) is 6.44. The van der Waals surface area contributed by atoms with Crippen molar-refractivity contribution in [1.29, 1.82) is 0 Å². The average molecular weight is 415 g/mol. The van der Waals surface area contributed by atoms with Crippen LogP contribution in [0.2, 0.25) is 5.02 Å². The molecule has 3 aromatic rings. The van der Waals surface area contributed by atoms with Crippen molar-refractivity contribution in [2.45, 2.75) is 33.2 Å². The summed E-state index contributed by atoms with van der Waals surface area (Å²) in [5.74, 6) is 0.892. The summed E-state index contributed by atoms with van der Waals surface area (Å²) < 4.78 is 1.98. The van der Waals surface area contributed by atoms with E-state index in [0.29, 0.717) is 16.5 Å². The minimum absolute atomic E-state index is 0.0394. The molecule has 0 saturated carbocycles. The van der Waals surface area contributed by atoms with E-state index >= 15 is 0 Å². The van der Waals surface area contributed by atoms with E-state index in [2.05, 4.69) is 24.0 Å². The van der Waals surface area contributed by atoms with Gasteiger partial charge in [-0.1, -0.05) is 17.7 Å². The zero-order valence-corrected chi connectivity index (χ0v) is 17.2. The van der Waals surface area contributed by atoms with Gasteiger partial charge in [0, 0.05) is 16.0 Å². The number of nitrogen functional groups attached to an aromatic ring is 1. The number of carbonyl (C=O) groups excluding carboxylic acids is 1. The lowest BCUT2D eigenvalue weighted by atomic mass is 9.99. The van der Waals surface area contributed by atoms with Gasteiger partial charge in [-0.15, -0.1) is 21.5 Å². The fourth-order valence-corrected chi connectivity index (χ4v) is 4.74. The monoisotopic (exact) mass is 414 g/mol. The molecule has 0 radical (unpaired) electrons.